The quantitative estimate of drug-likeness (QED) is 0.838. The number of morpholine rings is 1. The van der Waals surface area contributed by atoms with E-state index < -0.39 is 0 Å². The molecule has 5 nitrogen and oxygen atoms in total. The summed E-state index contributed by atoms with van der Waals surface area (Å²) >= 11 is 0. The number of nitrogens with one attached hydrogen (secondary N) is 1. The van der Waals surface area contributed by atoms with Crippen molar-refractivity contribution in [2.45, 2.75) is 31.5 Å². The molecule has 0 aromatic carbocycles. The van der Waals surface area contributed by atoms with Gasteiger partial charge in [0.1, 0.15) is 0 Å². The smallest absolute Gasteiger partial charge is 0.0945 e. The van der Waals surface area contributed by atoms with Crippen LogP contribution in [0.5, 0.6) is 0 Å². The van der Waals surface area contributed by atoms with Gasteiger partial charge < -0.3 is 14.6 Å². The number of hydrogen-bond donors (Lipinski definition) is 1. The van der Waals surface area contributed by atoms with Crippen LogP contribution in [0.4, 0.5) is 0 Å². The van der Waals surface area contributed by atoms with Gasteiger partial charge in [0.15, 0.2) is 0 Å². The first kappa shape index (κ1) is 12.1. The Morgan fingerprint density at radius 3 is 3.33 bits per heavy atom. The fourth-order valence-electron chi connectivity index (χ4n) is 2.93. The Balaban J connectivity index is 1.42. The van der Waals surface area contributed by atoms with E-state index in [9.17, 15) is 0 Å². The van der Waals surface area contributed by atoms with Gasteiger partial charge in [0.05, 0.1) is 24.7 Å². The lowest BCUT2D eigenvalue weighted by Gasteiger charge is -2.35. The van der Waals surface area contributed by atoms with Gasteiger partial charge in [-0.2, -0.15) is 0 Å². The van der Waals surface area contributed by atoms with Crippen LogP contribution in [0.1, 0.15) is 18.5 Å². The summed E-state index contributed by atoms with van der Waals surface area (Å²) in [5.41, 5.74) is 1.21. The zero-order valence-electron chi connectivity index (χ0n) is 11.0. The summed E-state index contributed by atoms with van der Waals surface area (Å²) in [6.45, 7) is 5.04. The monoisotopic (exact) mass is 250 g/mol. The molecule has 0 bridgehead atoms. The van der Waals surface area contributed by atoms with Gasteiger partial charge >= 0.3 is 0 Å². The average Bonchev–Trinajstić information content (AvgIpc) is 2.98. The second-order valence-electron chi connectivity index (χ2n) is 5.37. The van der Waals surface area contributed by atoms with Crippen molar-refractivity contribution in [3.05, 3.63) is 18.2 Å². The van der Waals surface area contributed by atoms with Gasteiger partial charge in [-0.05, 0) is 19.4 Å². The van der Waals surface area contributed by atoms with E-state index in [0.717, 1.165) is 26.2 Å². The van der Waals surface area contributed by atoms with Gasteiger partial charge in [-0.15, -0.1) is 0 Å². The van der Waals surface area contributed by atoms with E-state index in [0.29, 0.717) is 12.1 Å². The van der Waals surface area contributed by atoms with Gasteiger partial charge in [0.2, 0.25) is 0 Å². The van der Waals surface area contributed by atoms with Crippen molar-refractivity contribution >= 4 is 0 Å². The summed E-state index contributed by atoms with van der Waals surface area (Å²) in [7, 11) is 2.02. The summed E-state index contributed by atoms with van der Waals surface area (Å²) < 4.78 is 7.96. The van der Waals surface area contributed by atoms with Crippen LogP contribution in [0.3, 0.4) is 0 Å². The highest BCUT2D eigenvalue weighted by Crippen LogP contribution is 2.22. The molecule has 2 saturated heterocycles. The van der Waals surface area contributed by atoms with Crippen LogP contribution in [0, 0.1) is 0 Å². The summed E-state index contributed by atoms with van der Waals surface area (Å²) in [6, 6.07) is 0.693. The lowest BCUT2D eigenvalue weighted by atomic mass is 10.2. The van der Waals surface area contributed by atoms with Crippen LogP contribution in [-0.4, -0.2) is 52.8 Å². The molecular weight excluding hydrogens is 228 g/mol. The van der Waals surface area contributed by atoms with Crippen molar-refractivity contribution in [2.75, 3.05) is 26.2 Å². The zero-order valence-corrected chi connectivity index (χ0v) is 11.0. The Morgan fingerprint density at radius 1 is 1.56 bits per heavy atom. The molecule has 1 N–H and O–H groups in total. The summed E-state index contributed by atoms with van der Waals surface area (Å²) in [4.78, 5) is 6.70. The highest BCUT2D eigenvalue weighted by Gasteiger charge is 2.31. The summed E-state index contributed by atoms with van der Waals surface area (Å²) in [5, 5.41) is 3.47. The minimum absolute atomic E-state index is 0.340. The molecule has 0 saturated carbocycles. The van der Waals surface area contributed by atoms with Gasteiger partial charge in [-0.3, -0.25) is 4.90 Å². The van der Waals surface area contributed by atoms with Crippen LogP contribution < -0.4 is 5.32 Å². The van der Waals surface area contributed by atoms with Crippen molar-refractivity contribution in [3.8, 4) is 0 Å². The first-order valence-electron chi connectivity index (χ1n) is 6.84. The normalized spacial score (nSPS) is 28.5. The molecule has 1 aromatic rings. The third kappa shape index (κ3) is 2.58. The van der Waals surface area contributed by atoms with E-state index in [1.54, 1.807) is 0 Å². The number of hydrogen-bond acceptors (Lipinski definition) is 4. The maximum absolute atomic E-state index is 5.91. The molecule has 2 atom stereocenters. The van der Waals surface area contributed by atoms with Crippen molar-refractivity contribution in [3.63, 3.8) is 0 Å². The van der Waals surface area contributed by atoms with Crippen molar-refractivity contribution in [1.82, 2.24) is 19.8 Å². The predicted octanol–water partition coefficient (Wildman–Crippen LogP) is 0.373. The molecule has 0 aliphatic carbocycles. The van der Waals surface area contributed by atoms with E-state index in [4.69, 9.17) is 4.74 Å². The fourth-order valence-corrected chi connectivity index (χ4v) is 2.93. The number of imidazole rings is 1. The molecular formula is C13H22N4O. The summed E-state index contributed by atoms with van der Waals surface area (Å²) in [6.07, 6.45) is 6.74. The number of nitrogens with zero attached hydrogens (tertiary/aromatic N) is 3. The number of aromatic nitrogens is 2. The Kier molecular flexibility index (Phi) is 3.63. The predicted molar refractivity (Wildman–Crippen MR) is 69.2 cm³/mol. The maximum Gasteiger partial charge on any atom is 0.0945 e. The minimum Gasteiger partial charge on any atom is -0.374 e. The minimum atomic E-state index is 0.340. The second-order valence-corrected chi connectivity index (χ2v) is 5.37. The Labute approximate surface area is 108 Å². The Morgan fingerprint density at radius 2 is 2.50 bits per heavy atom. The maximum atomic E-state index is 5.91. The molecule has 18 heavy (non-hydrogen) atoms. The van der Waals surface area contributed by atoms with Crippen LogP contribution in [-0.2, 0) is 18.3 Å². The first-order chi connectivity index (χ1) is 8.83. The number of ether oxygens (including phenoxy) is 1. The third-order valence-corrected chi connectivity index (χ3v) is 4.06. The van der Waals surface area contributed by atoms with Crippen LogP contribution in [0.2, 0.25) is 0 Å². The molecule has 1 aromatic heterocycles. The van der Waals surface area contributed by atoms with Gasteiger partial charge in [-0.1, -0.05) is 0 Å². The molecule has 3 heterocycles. The lowest BCUT2D eigenvalue weighted by molar-refractivity contribution is -0.0470. The molecule has 2 aliphatic heterocycles. The van der Waals surface area contributed by atoms with E-state index in [1.807, 2.05) is 24.1 Å². The standard InChI is InChI=1S/C13H22N4O/c1-16-10-15-6-12(16)5-14-7-13-8-17-4-2-3-11(17)9-18-13/h6,10-11,13-14H,2-5,7-9H2,1H3. The largest absolute Gasteiger partial charge is 0.374 e. The number of rotatable bonds is 4. The first-order valence-corrected chi connectivity index (χ1v) is 6.84. The number of aryl methyl sites for hydroxylation is 1. The van der Waals surface area contributed by atoms with Gasteiger partial charge in [-0.25, -0.2) is 4.98 Å². The van der Waals surface area contributed by atoms with Gasteiger partial charge in [0, 0.05) is 38.9 Å². The zero-order chi connectivity index (χ0) is 12.4. The second kappa shape index (κ2) is 5.38. The van der Waals surface area contributed by atoms with Crippen LogP contribution in [0.25, 0.3) is 0 Å². The van der Waals surface area contributed by atoms with E-state index in [2.05, 4.69) is 15.2 Å². The third-order valence-electron chi connectivity index (χ3n) is 4.06. The summed E-state index contributed by atoms with van der Waals surface area (Å²) in [5.74, 6) is 0. The molecule has 100 valence electrons. The average molecular weight is 250 g/mol. The van der Waals surface area contributed by atoms with Crippen LogP contribution >= 0.6 is 0 Å². The molecule has 2 aliphatic rings. The topological polar surface area (TPSA) is 42.3 Å². The molecule has 0 radical (unpaired) electrons. The van der Waals surface area contributed by atoms with Crippen molar-refractivity contribution in [2.24, 2.45) is 7.05 Å². The Bertz CT molecular complexity index is 392. The van der Waals surface area contributed by atoms with E-state index >= 15 is 0 Å². The number of fused-ring (bicyclic) bond motifs is 1. The lowest BCUT2D eigenvalue weighted by Crippen LogP contribution is -2.49. The van der Waals surface area contributed by atoms with Crippen molar-refractivity contribution in [1.29, 1.82) is 0 Å². The highest BCUT2D eigenvalue weighted by atomic mass is 16.5. The molecule has 2 unspecified atom stereocenters. The molecule has 5 heteroatoms. The van der Waals surface area contributed by atoms with Crippen LogP contribution in [0.15, 0.2) is 12.5 Å². The highest BCUT2D eigenvalue weighted by molar-refractivity contribution is 4.97. The molecule has 0 amide bonds. The van der Waals surface area contributed by atoms with E-state index in [1.165, 1.54) is 25.1 Å². The van der Waals surface area contributed by atoms with Crippen molar-refractivity contribution < 1.29 is 4.74 Å². The van der Waals surface area contributed by atoms with Gasteiger partial charge in [0.25, 0.3) is 0 Å². The Hall–Kier alpha value is -0.910. The SMILES string of the molecule is Cn1cncc1CNCC1CN2CCCC2CO1. The van der Waals surface area contributed by atoms with E-state index in [-0.39, 0.29) is 0 Å². The molecule has 2 fully saturated rings. The molecule has 3 rings (SSSR count). The molecule has 0 spiro atoms. The fraction of sp³-hybridized carbons (Fsp3) is 0.769.